The van der Waals surface area contributed by atoms with E-state index in [0.29, 0.717) is 5.56 Å². The molecule has 0 heterocycles. The van der Waals surface area contributed by atoms with E-state index in [1.165, 1.54) is 18.2 Å². The normalized spacial score (nSPS) is 10.7. The molecule has 3 rings (SSSR count). The zero-order chi connectivity index (χ0) is 21.5. The van der Waals surface area contributed by atoms with E-state index in [0.717, 1.165) is 28.3 Å². The van der Waals surface area contributed by atoms with Gasteiger partial charge in [0.25, 0.3) is 5.69 Å². The lowest BCUT2D eigenvalue weighted by atomic mass is 10.1. The molecule has 0 amide bonds. The lowest BCUT2D eigenvalue weighted by Gasteiger charge is -2.08. The molecule has 7 heteroatoms. The predicted molar refractivity (Wildman–Crippen MR) is 117 cm³/mol. The number of nitrogens with one attached hydrogen (secondary N) is 1. The highest BCUT2D eigenvalue weighted by Crippen LogP contribution is 2.25. The topological polar surface area (TPSA) is 93.9 Å². The van der Waals surface area contributed by atoms with E-state index in [1.54, 1.807) is 14.2 Å². The Labute approximate surface area is 174 Å². The number of nitro benzene ring substituents is 1. The van der Waals surface area contributed by atoms with Gasteiger partial charge in [-0.3, -0.25) is 10.1 Å². The Morgan fingerprint density at radius 3 is 2.17 bits per heavy atom. The van der Waals surface area contributed by atoms with Gasteiger partial charge in [-0.25, -0.2) is 0 Å². The van der Waals surface area contributed by atoms with Crippen molar-refractivity contribution < 1.29 is 19.5 Å². The average molecular weight is 406 g/mol. The van der Waals surface area contributed by atoms with Crippen molar-refractivity contribution in [2.45, 2.75) is 6.54 Å². The summed E-state index contributed by atoms with van der Waals surface area (Å²) in [5.74, 6) is 1.46. The summed E-state index contributed by atoms with van der Waals surface area (Å²) in [4.78, 5) is 10.4. The number of hydrogen-bond acceptors (Lipinski definition) is 6. The van der Waals surface area contributed by atoms with Crippen molar-refractivity contribution in [2.24, 2.45) is 0 Å². The molecule has 0 saturated heterocycles. The number of non-ortho nitro benzene ring substituents is 1. The summed E-state index contributed by atoms with van der Waals surface area (Å²) in [6.45, 7) is 0.270. The van der Waals surface area contributed by atoms with Gasteiger partial charge in [0.2, 0.25) is 0 Å². The number of hydrogen-bond donors (Lipinski definition) is 2. The molecule has 154 valence electrons. The predicted octanol–water partition coefficient (Wildman–Crippen LogP) is 5.10. The van der Waals surface area contributed by atoms with Gasteiger partial charge < -0.3 is 19.9 Å². The molecule has 0 atom stereocenters. The van der Waals surface area contributed by atoms with E-state index in [9.17, 15) is 15.2 Å². The van der Waals surface area contributed by atoms with Crippen LogP contribution in [-0.4, -0.2) is 24.2 Å². The molecule has 3 aromatic carbocycles. The maximum absolute atomic E-state index is 10.9. The molecule has 0 aliphatic heterocycles. The first-order valence-corrected chi connectivity index (χ1v) is 9.20. The third-order valence-electron chi connectivity index (χ3n) is 4.51. The molecule has 0 aliphatic carbocycles. The van der Waals surface area contributed by atoms with Gasteiger partial charge in [0.05, 0.1) is 19.1 Å². The van der Waals surface area contributed by atoms with Gasteiger partial charge in [0.1, 0.15) is 17.2 Å². The molecule has 0 spiro atoms. The molecule has 3 aromatic rings. The summed E-state index contributed by atoms with van der Waals surface area (Å²) in [5.41, 5.74) is 3.19. The third-order valence-corrected chi connectivity index (χ3v) is 4.51. The van der Waals surface area contributed by atoms with Crippen molar-refractivity contribution in [3.05, 3.63) is 87.5 Å². The maximum Gasteiger partial charge on any atom is 0.270 e. The molecule has 0 aliphatic rings. The minimum Gasteiger partial charge on any atom is -0.508 e. The van der Waals surface area contributed by atoms with E-state index in [-0.39, 0.29) is 18.0 Å². The molecule has 2 N–H and O–H groups in total. The Morgan fingerprint density at radius 1 is 0.933 bits per heavy atom. The quantitative estimate of drug-likeness (QED) is 0.307. The molecule has 7 nitrogen and oxygen atoms in total. The number of phenolic OH excluding ortho intramolecular Hbond substituents is 1. The third kappa shape index (κ3) is 5.29. The monoisotopic (exact) mass is 406 g/mol. The summed E-state index contributed by atoms with van der Waals surface area (Å²) in [5, 5.41) is 24.0. The summed E-state index contributed by atoms with van der Waals surface area (Å²) in [7, 11) is 3.22. The van der Waals surface area contributed by atoms with Crippen LogP contribution in [0.5, 0.6) is 17.2 Å². The van der Waals surface area contributed by atoms with Crippen LogP contribution in [0.25, 0.3) is 12.2 Å². The van der Waals surface area contributed by atoms with Crippen LogP contribution in [0.4, 0.5) is 11.4 Å². The Kier molecular flexibility index (Phi) is 6.54. The van der Waals surface area contributed by atoms with Crippen LogP contribution in [0.2, 0.25) is 0 Å². The fourth-order valence-corrected chi connectivity index (χ4v) is 2.85. The van der Waals surface area contributed by atoms with Gasteiger partial charge in [-0.15, -0.1) is 0 Å². The Bertz CT molecular complexity index is 1040. The van der Waals surface area contributed by atoms with Crippen molar-refractivity contribution in [1.29, 1.82) is 0 Å². The second-order valence-corrected chi connectivity index (χ2v) is 6.53. The minimum atomic E-state index is -0.484. The van der Waals surface area contributed by atoms with E-state index in [1.807, 2.05) is 54.6 Å². The molecule has 0 radical (unpaired) electrons. The number of methoxy groups -OCH3 is 2. The first-order chi connectivity index (χ1) is 14.5. The summed E-state index contributed by atoms with van der Waals surface area (Å²) >= 11 is 0. The Hall–Kier alpha value is -4.00. The number of ether oxygens (including phenoxy) is 2. The zero-order valence-electron chi connectivity index (χ0n) is 16.7. The lowest BCUT2D eigenvalue weighted by Crippen LogP contribution is -2.00. The van der Waals surface area contributed by atoms with Gasteiger partial charge in [0.15, 0.2) is 0 Å². The van der Waals surface area contributed by atoms with Gasteiger partial charge in [-0.1, -0.05) is 24.3 Å². The van der Waals surface area contributed by atoms with Crippen molar-refractivity contribution in [3.63, 3.8) is 0 Å². The molecule has 0 fully saturated rings. The number of anilines is 1. The molecular weight excluding hydrogens is 384 g/mol. The van der Waals surface area contributed by atoms with Crippen molar-refractivity contribution >= 4 is 23.5 Å². The van der Waals surface area contributed by atoms with E-state index in [4.69, 9.17) is 9.47 Å². The number of rotatable bonds is 8. The highest BCUT2D eigenvalue weighted by atomic mass is 16.6. The van der Waals surface area contributed by atoms with Crippen molar-refractivity contribution in [3.8, 4) is 17.2 Å². The highest BCUT2D eigenvalue weighted by molar-refractivity contribution is 5.71. The van der Waals surface area contributed by atoms with Crippen LogP contribution in [0.3, 0.4) is 0 Å². The minimum absolute atomic E-state index is 0.0152. The van der Waals surface area contributed by atoms with Crippen LogP contribution in [0.15, 0.2) is 60.7 Å². The van der Waals surface area contributed by atoms with Gasteiger partial charge >= 0.3 is 0 Å². The summed E-state index contributed by atoms with van der Waals surface area (Å²) in [6.07, 6.45) is 3.94. The number of nitro groups is 1. The lowest BCUT2D eigenvalue weighted by molar-refractivity contribution is -0.384. The fraction of sp³-hybridized carbons (Fsp3) is 0.130. The molecule has 30 heavy (non-hydrogen) atoms. The van der Waals surface area contributed by atoms with Crippen LogP contribution in [0, 0.1) is 10.1 Å². The van der Waals surface area contributed by atoms with E-state index >= 15 is 0 Å². The highest BCUT2D eigenvalue weighted by Gasteiger charge is 2.10. The van der Waals surface area contributed by atoms with Gasteiger partial charge in [-0.05, 0) is 41.5 Å². The molecular formula is C23H22N2O5. The van der Waals surface area contributed by atoms with Gasteiger partial charge in [0, 0.05) is 36.0 Å². The van der Waals surface area contributed by atoms with Crippen LogP contribution < -0.4 is 14.8 Å². The van der Waals surface area contributed by atoms with Crippen LogP contribution in [0.1, 0.15) is 16.7 Å². The molecule has 0 aromatic heterocycles. The fourth-order valence-electron chi connectivity index (χ4n) is 2.85. The summed E-state index contributed by atoms with van der Waals surface area (Å²) < 4.78 is 10.6. The first kappa shape index (κ1) is 20.7. The Morgan fingerprint density at radius 2 is 1.57 bits per heavy atom. The zero-order valence-corrected chi connectivity index (χ0v) is 16.7. The van der Waals surface area contributed by atoms with Crippen molar-refractivity contribution in [2.75, 3.05) is 19.5 Å². The standard InChI is InChI=1S/C23H22N2O5/c1-29-21-11-17(12-22(14-21)30-2)4-3-16-5-7-19(8-6-16)24-15-18-13-20(25(27)28)9-10-23(18)26/h3-14,24,26H,15H2,1-2H3. The van der Waals surface area contributed by atoms with Crippen LogP contribution in [-0.2, 0) is 6.54 Å². The Balaban J connectivity index is 1.66. The molecule has 0 unspecified atom stereocenters. The van der Waals surface area contributed by atoms with E-state index in [2.05, 4.69) is 5.32 Å². The second-order valence-electron chi connectivity index (χ2n) is 6.53. The molecule has 0 bridgehead atoms. The second kappa shape index (κ2) is 9.47. The smallest absolute Gasteiger partial charge is 0.270 e. The summed E-state index contributed by atoms with van der Waals surface area (Å²) in [6, 6.07) is 17.3. The number of nitrogens with zero attached hydrogens (tertiary/aromatic N) is 1. The van der Waals surface area contributed by atoms with Gasteiger partial charge in [-0.2, -0.15) is 0 Å². The maximum atomic E-state index is 10.9. The number of aromatic hydroxyl groups is 1. The van der Waals surface area contributed by atoms with Crippen LogP contribution >= 0.6 is 0 Å². The average Bonchev–Trinajstić information content (AvgIpc) is 2.77. The van der Waals surface area contributed by atoms with E-state index < -0.39 is 4.92 Å². The molecule has 0 saturated carbocycles. The number of phenols is 1. The first-order valence-electron chi connectivity index (χ1n) is 9.20. The SMILES string of the molecule is COc1cc(C=Cc2ccc(NCc3cc([N+](=O)[O-])ccc3O)cc2)cc(OC)c1. The largest absolute Gasteiger partial charge is 0.508 e. The number of benzene rings is 3. The van der Waals surface area contributed by atoms with Crippen molar-refractivity contribution in [1.82, 2.24) is 0 Å².